The molecule has 0 saturated heterocycles. The summed E-state index contributed by atoms with van der Waals surface area (Å²) in [6.07, 6.45) is 0.626. The number of hydrogen-bond donors (Lipinski definition) is 1. The fourth-order valence-corrected chi connectivity index (χ4v) is 1.53. The second kappa shape index (κ2) is 4.76. The van der Waals surface area contributed by atoms with Crippen LogP contribution in [0.25, 0.3) is 0 Å². The van der Waals surface area contributed by atoms with E-state index in [1.807, 2.05) is 25.1 Å². The maximum absolute atomic E-state index is 12.7. The Bertz CT molecular complexity index is 297. The van der Waals surface area contributed by atoms with Gasteiger partial charge in [0.15, 0.2) is 0 Å². The van der Waals surface area contributed by atoms with Crippen molar-refractivity contribution in [2.75, 3.05) is 13.2 Å². The first-order valence-electron chi connectivity index (χ1n) is 4.60. The number of rotatable bonds is 4. The molecule has 0 aliphatic rings. The van der Waals surface area contributed by atoms with Crippen LogP contribution >= 0.6 is 11.6 Å². The minimum atomic E-state index is -0.468. The van der Waals surface area contributed by atoms with Crippen molar-refractivity contribution in [1.29, 1.82) is 0 Å². The molecule has 1 atom stereocenters. The lowest BCUT2D eigenvalue weighted by molar-refractivity contribution is 0.238. The van der Waals surface area contributed by atoms with Crippen LogP contribution in [0.4, 0.5) is 4.39 Å². The summed E-state index contributed by atoms with van der Waals surface area (Å²) in [6, 6.07) is 7.47. The fourth-order valence-electron chi connectivity index (χ4n) is 1.31. The summed E-state index contributed by atoms with van der Waals surface area (Å²) in [4.78, 5) is 0. The lowest BCUT2D eigenvalue weighted by Gasteiger charge is -2.24. The molecule has 0 saturated carbocycles. The van der Waals surface area contributed by atoms with Gasteiger partial charge in [-0.25, -0.2) is 0 Å². The Morgan fingerprint density at radius 1 is 1.50 bits per heavy atom. The normalized spacial score (nSPS) is 15.1. The van der Waals surface area contributed by atoms with Crippen LogP contribution in [0.15, 0.2) is 24.3 Å². The Balaban J connectivity index is 2.77. The Kier molecular flexibility index (Phi) is 3.90. The zero-order chi connectivity index (χ0) is 10.6. The van der Waals surface area contributed by atoms with Gasteiger partial charge in [-0.2, -0.15) is 0 Å². The molecule has 0 radical (unpaired) electrons. The Morgan fingerprint density at radius 3 is 2.71 bits per heavy atom. The van der Waals surface area contributed by atoms with E-state index < -0.39 is 12.1 Å². The molecular formula is C11H15ClFN. The lowest BCUT2D eigenvalue weighted by Crippen LogP contribution is -2.31. The summed E-state index contributed by atoms with van der Waals surface area (Å²) in [5.41, 5.74) is 6.09. The molecule has 0 heterocycles. The highest BCUT2D eigenvalue weighted by molar-refractivity contribution is 6.30. The number of halogens is 2. The minimum Gasteiger partial charge on any atom is -0.330 e. The summed E-state index contributed by atoms with van der Waals surface area (Å²) in [7, 11) is 0. The van der Waals surface area contributed by atoms with Crippen LogP contribution in [-0.4, -0.2) is 13.2 Å². The van der Waals surface area contributed by atoms with Crippen molar-refractivity contribution in [3.05, 3.63) is 34.9 Å². The highest BCUT2D eigenvalue weighted by atomic mass is 35.5. The molecule has 14 heavy (non-hydrogen) atoms. The van der Waals surface area contributed by atoms with Crippen molar-refractivity contribution in [3.8, 4) is 0 Å². The second-order valence-electron chi connectivity index (χ2n) is 3.96. The molecule has 0 fully saturated rings. The highest BCUT2D eigenvalue weighted by Gasteiger charge is 2.22. The average Bonchev–Trinajstić information content (AvgIpc) is 2.18. The maximum Gasteiger partial charge on any atom is 0.0963 e. The highest BCUT2D eigenvalue weighted by Crippen LogP contribution is 2.23. The smallest absolute Gasteiger partial charge is 0.0963 e. The van der Waals surface area contributed by atoms with Gasteiger partial charge in [0.25, 0.3) is 0 Å². The maximum atomic E-state index is 12.7. The van der Waals surface area contributed by atoms with Crippen LogP contribution in [0.3, 0.4) is 0 Å². The van der Waals surface area contributed by atoms with E-state index in [4.69, 9.17) is 17.3 Å². The molecule has 1 rings (SSSR count). The first-order valence-corrected chi connectivity index (χ1v) is 4.98. The third-order valence-electron chi connectivity index (χ3n) is 2.34. The van der Waals surface area contributed by atoms with E-state index in [9.17, 15) is 4.39 Å². The van der Waals surface area contributed by atoms with Crippen LogP contribution in [0.1, 0.15) is 12.5 Å². The molecule has 0 bridgehead atoms. The van der Waals surface area contributed by atoms with Crippen LogP contribution in [0, 0.1) is 5.41 Å². The zero-order valence-electron chi connectivity index (χ0n) is 8.26. The van der Waals surface area contributed by atoms with Gasteiger partial charge < -0.3 is 5.73 Å². The van der Waals surface area contributed by atoms with E-state index >= 15 is 0 Å². The first kappa shape index (κ1) is 11.5. The van der Waals surface area contributed by atoms with Crippen LogP contribution < -0.4 is 5.73 Å². The third-order valence-corrected chi connectivity index (χ3v) is 2.57. The summed E-state index contributed by atoms with van der Waals surface area (Å²) in [5, 5.41) is 0.681. The molecule has 1 aromatic carbocycles. The molecule has 2 N–H and O–H groups in total. The fraction of sp³-hybridized carbons (Fsp3) is 0.455. The molecule has 0 aromatic heterocycles. The second-order valence-corrected chi connectivity index (χ2v) is 4.39. The summed E-state index contributed by atoms with van der Waals surface area (Å²) < 4.78 is 12.7. The predicted molar refractivity (Wildman–Crippen MR) is 58.3 cm³/mol. The largest absolute Gasteiger partial charge is 0.330 e. The molecule has 0 aliphatic carbocycles. The Morgan fingerprint density at radius 2 is 2.21 bits per heavy atom. The first-order chi connectivity index (χ1) is 6.59. The molecule has 0 spiro atoms. The molecule has 78 valence electrons. The number of benzene rings is 1. The van der Waals surface area contributed by atoms with Gasteiger partial charge in [0.2, 0.25) is 0 Å². The molecule has 3 heteroatoms. The number of hydrogen-bond acceptors (Lipinski definition) is 1. The van der Waals surface area contributed by atoms with Crippen LogP contribution in [0.5, 0.6) is 0 Å². The molecule has 0 amide bonds. The topological polar surface area (TPSA) is 26.0 Å². The standard InChI is InChI=1S/C11H15ClFN/c1-11(7-13,8-14)6-9-3-2-4-10(12)5-9/h2-5H,6-8,14H2,1H3. The summed E-state index contributed by atoms with van der Waals surface area (Å²) in [5.74, 6) is 0. The van der Waals surface area contributed by atoms with E-state index in [1.54, 1.807) is 6.07 Å². The predicted octanol–water partition coefficient (Wildman–Crippen LogP) is 2.82. The van der Waals surface area contributed by atoms with Crippen LogP contribution in [0.2, 0.25) is 5.02 Å². The van der Waals surface area contributed by atoms with Gasteiger partial charge in [0.1, 0.15) is 0 Å². The summed E-state index contributed by atoms with van der Waals surface area (Å²) >= 11 is 5.84. The number of nitrogens with two attached hydrogens (primary N) is 1. The van der Waals surface area contributed by atoms with E-state index in [1.165, 1.54) is 0 Å². The monoisotopic (exact) mass is 215 g/mol. The van der Waals surface area contributed by atoms with Crippen molar-refractivity contribution < 1.29 is 4.39 Å². The van der Waals surface area contributed by atoms with Gasteiger partial charge in [-0.15, -0.1) is 0 Å². The third kappa shape index (κ3) is 2.96. The SMILES string of the molecule is CC(CN)(CF)Cc1cccc(Cl)c1. The Hall–Kier alpha value is -0.600. The van der Waals surface area contributed by atoms with Gasteiger partial charge in [-0.1, -0.05) is 30.7 Å². The van der Waals surface area contributed by atoms with Gasteiger partial charge in [-0.3, -0.25) is 4.39 Å². The van der Waals surface area contributed by atoms with Crippen molar-refractivity contribution in [1.82, 2.24) is 0 Å². The van der Waals surface area contributed by atoms with Crippen LogP contribution in [-0.2, 0) is 6.42 Å². The van der Waals surface area contributed by atoms with E-state index in [0.29, 0.717) is 18.0 Å². The molecule has 1 aromatic rings. The lowest BCUT2D eigenvalue weighted by atomic mass is 9.85. The van der Waals surface area contributed by atoms with E-state index in [2.05, 4.69) is 0 Å². The minimum absolute atomic E-state index is 0.343. The molecule has 0 aliphatic heterocycles. The average molecular weight is 216 g/mol. The van der Waals surface area contributed by atoms with E-state index in [0.717, 1.165) is 5.56 Å². The van der Waals surface area contributed by atoms with Crippen molar-refractivity contribution in [3.63, 3.8) is 0 Å². The molecule has 1 unspecified atom stereocenters. The van der Waals surface area contributed by atoms with Crippen molar-refractivity contribution in [2.24, 2.45) is 11.1 Å². The van der Waals surface area contributed by atoms with Crippen molar-refractivity contribution in [2.45, 2.75) is 13.3 Å². The zero-order valence-corrected chi connectivity index (χ0v) is 9.02. The van der Waals surface area contributed by atoms with Gasteiger partial charge in [0.05, 0.1) is 6.67 Å². The number of alkyl halides is 1. The van der Waals surface area contributed by atoms with Gasteiger partial charge in [0, 0.05) is 17.0 Å². The van der Waals surface area contributed by atoms with Gasteiger partial charge >= 0.3 is 0 Å². The molecular weight excluding hydrogens is 201 g/mol. The quantitative estimate of drug-likeness (QED) is 0.821. The van der Waals surface area contributed by atoms with Crippen molar-refractivity contribution >= 4 is 11.6 Å². The molecule has 1 nitrogen and oxygen atoms in total. The van der Waals surface area contributed by atoms with Gasteiger partial charge in [-0.05, 0) is 24.1 Å². The summed E-state index contributed by atoms with van der Waals surface area (Å²) in [6.45, 7) is 1.78. The van der Waals surface area contributed by atoms with E-state index in [-0.39, 0.29) is 0 Å². The Labute approximate surface area is 89.1 Å².